The molecular weight excluding hydrogens is 306 g/mol. The highest BCUT2D eigenvalue weighted by molar-refractivity contribution is 5.50. The third-order valence-electron chi connectivity index (χ3n) is 4.34. The first kappa shape index (κ1) is 16.2. The van der Waals surface area contributed by atoms with Crippen molar-refractivity contribution in [3.63, 3.8) is 0 Å². The molecule has 8 heteroatoms. The molecule has 1 saturated heterocycles. The molecule has 2 aromatic rings. The van der Waals surface area contributed by atoms with Crippen molar-refractivity contribution in [1.82, 2.24) is 19.5 Å². The Morgan fingerprint density at radius 2 is 2.21 bits per heavy atom. The van der Waals surface area contributed by atoms with Crippen LogP contribution in [0.1, 0.15) is 19.8 Å². The minimum Gasteiger partial charge on any atom is -0.373 e. The Bertz CT molecular complexity index is 745. The largest absolute Gasteiger partial charge is 0.373 e. The fourth-order valence-electron chi connectivity index (χ4n) is 3.02. The van der Waals surface area contributed by atoms with Crippen molar-refractivity contribution < 1.29 is 0 Å². The van der Waals surface area contributed by atoms with E-state index in [4.69, 9.17) is 0 Å². The van der Waals surface area contributed by atoms with Crippen molar-refractivity contribution in [2.75, 3.05) is 35.7 Å². The number of aryl methyl sites for hydroxylation is 1. The van der Waals surface area contributed by atoms with Crippen molar-refractivity contribution >= 4 is 17.5 Å². The zero-order valence-electron chi connectivity index (χ0n) is 14.1. The zero-order chi connectivity index (χ0) is 16.9. The van der Waals surface area contributed by atoms with E-state index in [-0.39, 0.29) is 11.6 Å². The number of anilines is 3. The summed E-state index contributed by atoms with van der Waals surface area (Å²) in [6.45, 7) is 4.19. The maximum atomic E-state index is 12.2. The fraction of sp³-hybridized carbons (Fsp3) is 0.500. The highest BCUT2D eigenvalue weighted by atomic mass is 16.1. The number of nitrogens with one attached hydrogen (secondary N) is 2. The second-order valence-electron chi connectivity index (χ2n) is 5.75. The molecule has 1 aliphatic heterocycles. The fourth-order valence-corrected chi connectivity index (χ4v) is 3.02. The van der Waals surface area contributed by atoms with Gasteiger partial charge in [0.25, 0.3) is 5.56 Å². The smallest absolute Gasteiger partial charge is 0.293 e. The lowest BCUT2D eigenvalue weighted by molar-refractivity contribution is 0.680. The Morgan fingerprint density at radius 3 is 3.00 bits per heavy atom. The molecule has 0 aliphatic carbocycles. The van der Waals surface area contributed by atoms with Gasteiger partial charge in [-0.3, -0.25) is 4.79 Å². The number of rotatable bonds is 6. The van der Waals surface area contributed by atoms with Crippen molar-refractivity contribution in [3.8, 4) is 0 Å². The molecule has 1 atom stereocenters. The van der Waals surface area contributed by atoms with E-state index in [0.717, 1.165) is 31.0 Å². The van der Waals surface area contributed by atoms with Crippen LogP contribution in [0.25, 0.3) is 0 Å². The topological polar surface area (TPSA) is 88.0 Å². The summed E-state index contributed by atoms with van der Waals surface area (Å²) in [5.74, 6) is 2.12. The summed E-state index contributed by atoms with van der Waals surface area (Å²) in [7, 11) is 1.84. The van der Waals surface area contributed by atoms with Crippen LogP contribution in [-0.4, -0.2) is 45.7 Å². The molecule has 24 heavy (non-hydrogen) atoms. The van der Waals surface area contributed by atoms with Gasteiger partial charge in [0.1, 0.15) is 18.0 Å². The lowest BCUT2D eigenvalue weighted by Crippen LogP contribution is -2.37. The summed E-state index contributed by atoms with van der Waals surface area (Å²) in [5, 5.41) is 6.25. The molecule has 128 valence electrons. The van der Waals surface area contributed by atoms with E-state index in [1.807, 2.05) is 20.0 Å². The van der Waals surface area contributed by atoms with Crippen LogP contribution < -0.4 is 21.1 Å². The van der Waals surface area contributed by atoms with Crippen LogP contribution in [0.3, 0.4) is 0 Å². The molecule has 2 N–H and O–H groups in total. The van der Waals surface area contributed by atoms with Gasteiger partial charge in [-0.25, -0.2) is 15.0 Å². The first-order valence-electron chi connectivity index (χ1n) is 8.28. The van der Waals surface area contributed by atoms with Gasteiger partial charge in [-0.15, -0.1) is 0 Å². The van der Waals surface area contributed by atoms with Crippen LogP contribution >= 0.6 is 0 Å². The zero-order valence-corrected chi connectivity index (χ0v) is 14.1. The third-order valence-corrected chi connectivity index (χ3v) is 4.34. The van der Waals surface area contributed by atoms with Crippen LogP contribution in [0.15, 0.2) is 29.6 Å². The standard InChI is InChI=1S/C16H23N7O/c1-3-22-8-6-18-15(16(22)24)19-10-12-5-4-7-23(12)14-9-13(17-2)20-11-21-14/h6,8-9,11-12H,3-5,7,10H2,1-2H3,(H,18,19)(H,17,20,21)/t12-/m1/s1. The number of aromatic nitrogens is 4. The van der Waals surface area contributed by atoms with Gasteiger partial charge in [0.15, 0.2) is 5.82 Å². The van der Waals surface area contributed by atoms with Crippen molar-refractivity contribution in [3.05, 3.63) is 35.1 Å². The van der Waals surface area contributed by atoms with E-state index in [2.05, 4.69) is 30.5 Å². The maximum absolute atomic E-state index is 12.2. The summed E-state index contributed by atoms with van der Waals surface area (Å²) in [5.41, 5.74) is -0.0796. The van der Waals surface area contributed by atoms with Gasteiger partial charge >= 0.3 is 0 Å². The van der Waals surface area contributed by atoms with Gasteiger partial charge in [0.2, 0.25) is 0 Å². The minimum absolute atomic E-state index is 0.0796. The molecule has 0 aromatic carbocycles. The van der Waals surface area contributed by atoms with E-state index in [0.29, 0.717) is 18.9 Å². The van der Waals surface area contributed by atoms with Crippen LogP contribution in [0.2, 0.25) is 0 Å². The Labute approximate surface area is 141 Å². The summed E-state index contributed by atoms with van der Waals surface area (Å²) in [6.07, 6.45) is 7.09. The van der Waals surface area contributed by atoms with Gasteiger partial charge in [-0.1, -0.05) is 0 Å². The quantitative estimate of drug-likeness (QED) is 0.822. The van der Waals surface area contributed by atoms with Crippen molar-refractivity contribution in [1.29, 1.82) is 0 Å². The number of nitrogens with zero attached hydrogens (tertiary/aromatic N) is 5. The number of hydrogen-bond acceptors (Lipinski definition) is 7. The highest BCUT2D eigenvalue weighted by Gasteiger charge is 2.26. The first-order chi connectivity index (χ1) is 11.7. The molecule has 1 aliphatic rings. The normalized spacial score (nSPS) is 17.1. The molecule has 0 unspecified atom stereocenters. The Kier molecular flexibility index (Phi) is 4.93. The summed E-state index contributed by atoms with van der Waals surface area (Å²) < 4.78 is 1.64. The van der Waals surface area contributed by atoms with Crippen LogP contribution in [0, 0.1) is 0 Å². The maximum Gasteiger partial charge on any atom is 0.293 e. The molecule has 3 rings (SSSR count). The highest BCUT2D eigenvalue weighted by Crippen LogP contribution is 2.24. The van der Waals surface area contributed by atoms with Gasteiger partial charge < -0.3 is 20.1 Å². The van der Waals surface area contributed by atoms with Crippen molar-refractivity contribution in [2.45, 2.75) is 32.4 Å². The molecular formula is C16H23N7O. The number of hydrogen-bond donors (Lipinski definition) is 2. The van der Waals surface area contributed by atoms with Gasteiger partial charge in [0.05, 0.1) is 0 Å². The van der Waals surface area contributed by atoms with E-state index in [9.17, 15) is 4.79 Å². The molecule has 3 heterocycles. The molecule has 1 fully saturated rings. The van der Waals surface area contributed by atoms with Crippen molar-refractivity contribution in [2.24, 2.45) is 0 Å². The van der Waals surface area contributed by atoms with E-state index in [1.165, 1.54) is 0 Å². The van der Waals surface area contributed by atoms with Crippen LogP contribution in [0.5, 0.6) is 0 Å². The molecule has 0 amide bonds. The molecule has 2 aromatic heterocycles. The van der Waals surface area contributed by atoms with E-state index >= 15 is 0 Å². The Morgan fingerprint density at radius 1 is 1.33 bits per heavy atom. The third kappa shape index (κ3) is 3.32. The second-order valence-corrected chi connectivity index (χ2v) is 5.75. The molecule has 0 spiro atoms. The van der Waals surface area contributed by atoms with Gasteiger partial charge in [-0.2, -0.15) is 0 Å². The van der Waals surface area contributed by atoms with E-state index < -0.39 is 0 Å². The predicted molar refractivity (Wildman–Crippen MR) is 94.6 cm³/mol. The van der Waals surface area contributed by atoms with E-state index in [1.54, 1.807) is 23.3 Å². The van der Waals surface area contributed by atoms with Crippen LogP contribution in [0.4, 0.5) is 17.5 Å². The summed E-state index contributed by atoms with van der Waals surface area (Å²) >= 11 is 0. The average molecular weight is 329 g/mol. The molecule has 0 saturated carbocycles. The predicted octanol–water partition coefficient (Wildman–Crippen LogP) is 1.18. The van der Waals surface area contributed by atoms with Crippen LogP contribution in [-0.2, 0) is 6.54 Å². The molecule has 8 nitrogen and oxygen atoms in total. The Balaban J connectivity index is 1.71. The molecule has 0 radical (unpaired) electrons. The summed E-state index contributed by atoms with van der Waals surface area (Å²) in [6, 6.07) is 2.23. The van der Waals surface area contributed by atoms with Gasteiger partial charge in [0, 0.05) is 51.2 Å². The minimum atomic E-state index is -0.0796. The second kappa shape index (κ2) is 7.29. The lowest BCUT2D eigenvalue weighted by atomic mass is 10.2. The SMILES string of the molecule is CCn1ccnc(NC[C@H]2CCCN2c2cc(NC)ncn2)c1=O. The average Bonchev–Trinajstić information content (AvgIpc) is 3.09. The summed E-state index contributed by atoms with van der Waals surface area (Å²) in [4.78, 5) is 27.2. The Hall–Kier alpha value is -2.64. The monoisotopic (exact) mass is 329 g/mol. The lowest BCUT2D eigenvalue weighted by Gasteiger charge is -2.26. The van der Waals surface area contributed by atoms with Gasteiger partial charge in [-0.05, 0) is 19.8 Å². The first-order valence-corrected chi connectivity index (χ1v) is 8.28. The molecule has 0 bridgehead atoms.